The van der Waals surface area contributed by atoms with Gasteiger partial charge in [-0.05, 0) is 12.1 Å². The van der Waals surface area contributed by atoms with Crippen molar-refractivity contribution in [3.05, 3.63) is 53.0 Å². The van der Waals surface area contributed by atoms with Gasteiger partial charge >= 0.3 is 5.97 Å². The minimum Gasteiger partial charge on any atom is -0.478 e. The van der Waals surface area contributed by atoms with E-state index in [-0.39, 0.29) is 11.1 Å². The SMILES string of the molecule is C=CCn1c(=O)ccc2ncc(C(=O)O)cc21. The molecular formula is C12H10N2O3. The summed E-state index contributed by atoms with van der Waals surface area (Å²) in [6.07, 6.45) is 2.85. The first-order chi connectivity index (χ1) is 8.13. The number of hydrogen-bond donors (Lipinski definition) is 1. The second-order valence-corrected chi connectivity index (χ2v) is 3.50. The van der Waals surface area contributed by atoms with Crippen LogP contribution in [0.3, 0.4) is 0 Å². The number of aromatic carboxylic acids is 1. The number of allylic oxidation sites excluding steroid dienone is 1. The van der Waals surface area contributed by atoms with Crippen molar-refractivity contribution in [1.29, 1.82) is 0 Å². The molecule has 0 bridgehead atoms. The second kappa shape index (κ2) is 4.21. The lowest BCUT2D eigenvalue weighted by molar-refractivity contribution is 0.0696. The van der Waals surface area contributed by atoms with Crippen LogP contribution in [0.2, 0.25) is 0 Å². The number of rotatable bonds is 3. The Hall–Kier alpha value is -2.43. The van der Waals surface area contributed by atoms with Crippen molar-refractivity contribution in [2.75, 3.05) is 0 Å². The Kier molecular flexibility index (Phi) is 2.74. The van der Waals surface area contributed by atoms with Gasteiger partial charge in [0.15, 0.2) is 0 Å². The number of carboxylic acids is 1. The van der Waals surface area contributed by atoms with Crippen LogP contribution in [0, 0.1) is 0 Å². The third-order valence-electron chi connectivity index (χ3n) is 2.40. The van der Waals surface area contributed by atoms with Crippen LogP contribution in [-0.4, -0.2) is 20.6 Å². The Morgan fingerprint density at radius 3 is 2.94 bits per heavy atom. The highest BCUT2D eigenvalue weighted by molar-refractivity contribution is 5.91. The van der Waals surface area contributed by atoms with Gasteiger partial charge in [0.2, 0.25) is 0 Å². The van der Waals surface area contributed by atoms with Gasteiger partial charge in [-0.1, -0.05) is 6.08 Å². The molecule has 86 valence electrons. The average Bonchev–Trinajstić information content (AvgIpc) is 2.32. The van der Waals surface area contributed by atoms with Gasteiger partial charge in [-0.2, -0.15) is 0 Å². The molecular weight excluding hydrogens is 220 g/mol. The van der Waals surface area contributed by atoms with Crippen molar-refractivity contribution in [3.8, 4) is 0 Å². The Morgan fingerprint density at radius 2 is 2.29 bits per heavy atom. The quantitative estimate of drug-likeness (QED) is 0.806. The molecule has 0 aliphatic heterocycles. The lowest BCUT2D eigenvalue weighted by Gasteiger charge is -2.07. The van der Waals surface area contributed by atoms with Crippen LogP contribution in [0.5, 0.6) is 0 Å². The number of hydrogen-bond acceptors (Lipinski definition) is 3. The maximum absolute atomic E-state index is 11.6. The number of pyridine rings is 2. The van der Waals surface area contributed by atoms with Gasteiger partial charge in [0.25, 0.3) is 5.56 Å². The molecule has 0 aliphatic carbocycles. The fourth-order valence-corrected chi connectivity index (χ4v) is 1.60. The Morgan fingerprint density at radius 1 is 1.53 bits per heavy atom. The summed E-state index contributed by atoms with van der Waals surface area (Å²) in [6.45, 7) is 3.89. The van der Waals surface area contributed by atoms with Crippen LogP contribution in [0.25, 0.3) is 11.0 Å². The van der Waals surface area contributed by atoms with Crippen molar-refractivity contribution in [1.82, 2.24) is 9.55 Å². The van der Waals surface area contributed by atoms with Crippen molar-refractivity contribution >= 4 is 17.0 Å². The van der Waals surface area contributed by atoms with E-state index in [9.17, 15) is 9.59 Å². The molecule has 17 heavy (non-hydrogen) atoms. The maximum Gasteiger partial charge on any atom is 0.337 e. The van der Waals surface area contributed by atoms with Crippen LogP contribution in [0.15, 0.2) is 41.8 Å². The molecule has 1 N–H and O–H groups in total. The normalized spacial score (nSPS) is 10.4. The van der Waals surface area contributed by atoms with Crippen molar-refractivity contribution in [2.45, 2.75) is 6.54 Å². The van der Waals surface area contributed by atoms with Crippen molar-refractivity contribution in [3.63, 3.8) is 0 Å². The zero-order valence-corrected chi connectivity index (χ0v) is 8.96. The molecule has 0 fully saturated rings. The smallest absolute Gasteiger partial charge is 0.337 e. The summed E-state index contributed by atoms with van der Waals surface area (Å²) in [5, 5.41) is 8.89. The molecule has 2 heterocycles. The highest BCUT2D eigenvalue weighted by atomic mass is 16.4. The topological polar surface area (TPSA) is 72.2 Å². The van der Waals surface area contributed by atoms with Crippen molar-refractivity contribution < 1.29 is 9.90 Å². The monoisotopic (exact) mass is 230 g/mol. The summed E-state index contributed by atoms with van der Waals surface area (Å²) in [6, 6.07) is 4.41. The van der Waals surface area contributed by atoms with E-state index in [0.29, 0.717) is 17.6 Å². The third-order valence-corrected chi connectivity index (χ3v) is 2.40. The molecule has 2 rings (SSSR count). The minimum atomic E-state index is -1.07. The molecule has 0 radical (unpaired) electrons. The molecule has 5 heteroatoms. The average molecular weight is 230 g/mol. The van der Waals surface area contributed by atoms with E-state index >= 15 is 0 Å². The van der Waals surface area contributed by atoms with Crippen LogP contribution >= 0.6 is 0 Å². The number of carbonyl (C=O) groups is 1. The van der Waals surface area contributed by atoms with E-state index in [4.69, 9.17) is 5.11 Å². The van der Waals surface area contributed by atoms with E-state index in [2.05, 4.69) is 11.6 Å². The van der Waals surface area contributed by atoms with Crippen molar-refractivity contribution in [2.24, 2.45) is 0 Å². The first-order valence-electron chi connectivity index (χ1n) is 4.97. The van der Waals surface area contributed by atoms with E-state index in [1.54, 1.807) is 12.1 Å². The number of fused-ring (bicyclic) bond motifs is 1. The van der Waals surface area contributed by atoms with Gasteiger partial charge in [-0.25, -0.2) is 4.79 Å². The molecule has 0 atom stereocenters. The lowest BCUT2D eigenvalue weighted by atomic mass is 10.2. The summed E-state index contributed by atoms with van der Waals surface area (Å²) in [5.74, 6) is -1.07. The standard InChI is InChI=1S/C12H10N2O3/c1-2-5-14-10-6-8(12(16)17)7-13-9(10)3-4-11(14)15/h2-4,6-7H,1,5H2,(H,16,17). The van der Waals surface area contributed by atoms with Gasteiger partial charge < -0.3 is 9.67 Å². The fourth-order valence-electron chi connectivity index (χ4n) is 1.60. The summed E-state index contributed by atoms with van der Waals surface area (Å²) >= 11 is 0. The molecule has 2 aromatic rings. The number of nitrogens with zero attached hydrogens (tertiary/aromatic N) is 2. The van der Waals surface area contributed by atoms with Crippen LogP contribution in [-0.2, 0) is 6.54 Å². The summed E-state index contributed by atoms with van der Waals surface area (Å²) in [4.78, 5) is 26.5. The largest absolute Gasteiger partial charge is 0.478 e. The van der Waals surface area contributed by atoms with Gasteiger partial charge in [0.05, 0.1) is 16.6 Å². The second-order valence-electron chi connectivity index (χ2n) is 3.50. The van der Waals surface area contributed by atoms with E-state index in [1.165, 1.54) is 22.9 Å². The maximum atomic E-state index is 11.6. The molecule has 0 aromatic carbocycles. The molecule has 0 saturated heterocycles. The first kappa shape index (κ1) is 11.1. The molecule has 0 saturated carbocycles. The predicted octanol–water partition coefficient (Wildman–Crippen LogP) is 1.28. The van der Waals surface area contributed by atoms with Gasteiger partial charge in [-0.3, -0.25) is 9.78 Å². The molecule has 0 spiro atoms. The van der Waals surface area contributed by atoms with E-state index < -0.39 is 5.97 Å². The zero-order chi connectivity index (χ0) is 12.4. The Bertz CT molecular complexity index is 658. The summed E-state index contributed by atoms with van der Waals surface area (Å²) in [5.41, 5.74) is 0.927. The fraction of sp³-hybridized carbons (Fsp3) is 0.0833. The molecule has 5 nitrogen and oxygen atoms in total. The molecule has 2 aromatic heterocycles. The Labute approximate surface area is 96.6 Å². The van der Waals surface area contributed by atoms with Crippen LogP contribution in [0.1, 0.15) is 10.4 Å². The zero-order valence-electron chi connectivity index (χ0n) is 8.96. The minimum absolute atomic E-state index is 0.0564. The van der Waals surface area contributed by atoms with Gasteiger partial charge in [-0.15, -0.1) is 6.58 Å². The van der Waals surface area contributed by atoms with E-state index in [1.807, 2.05) is 0 Å². The number of carboxylic acid groups (broad SMARTS) is 1. The third kappa shape index (κ3) is 1.94. The summed E-state index contributed by atoms with van der Waals surface area (Å²) in [7, 11) is 0. The Balaban J connectivity index is 2.80. The van der Waals surface area contributed by atoms with Gasteiger partial charge in [0.1, 0.15) is 0 Å². The summed E-state index contributed by atoms with van der Waals surface area (Å²) < 4.78 is 1.43. The highest BCUT2D eigenvalue weighted by Gasteiger charge is 2.08. The lowest BCUT2D eigenvalue weighted by Crippen LogP contribution is -2.19. The predicted molar refractivity (Wildman–Crippen MR) is 63.2 cm³/mol. The number of aromatic nitrogens is 2. The van der Waals surface area contributed by atoms with Crippen LogP contribution in [0.4, 0.5) is 0 Å². The highest BCUT2D eigenvalue weighted by Crippen LogP contribution is 2.11. The molecule has 0 amide bonds. The molecule has 0 unspecified atom stereocenters. The molecule has 0 aliphatic rings. The first-order valence-corrected chi connectivity index (χ1v) is 4.97. The van der Waals surface area contributed by atoms with Gasteiger partial charge in [0, 0.05) is 18.8 Å². The van der Waals surface area contributed by atoms with Crippen LogP contribution < -0.4 is 5.56 Å². The van der Waals surface area contributed by atoms with E-state index in [0.717, 1.165) is 0 Å².